The van der Waals surface area contributed by atoms with Crippen molar-refractivity contribution in [3.8, 4) is 11.3 Å². The predicted molar refractivity (Wildman–Crippen MR) is 131 cm³/mol. The fourth-order valence-electron chi connectivity index (χ4n) is 3.55. The number of nitrogens with one attached hydrogen (secondary N) is 1. The van der Waals surface area contributed by atoms with Crippen LogP contribution in [0.2, 0.25) is 0 Å². The van der Waals surface area contributed by atoms with Crippen LogP contribution < -0.4 is 15.1 Å². The molecule has 2 aromatic heterocycles. The summed E-state index contributed by atoms with van der Waals surface area (Å²) in [4.78, 5) is 40.7. The first kappa shape index (κ1) is 22.7. The van der Waals surface area contributed by atoms with Crippen molar-refractivity contribution in [2.45, 2.75) is 13.8 Å². The standard InChI is InChI=1S/C25H24N6O3/c1-3-26-24(32)31(19-8-6-5-7-9-19)22-15-14-20-23(29-22)28-21(16-27-20)17-10-12-18(13-11-17)30(4-2)25(33)34/h5-16H,3-4H2,1-2H3,(H,26,32)(H,33,34). The van der Waals surface area contributed by atoms with Crippen LogP contribution in [0.25, 0.3) is 22.4 Å². The van der Waals surface area contributed by atoms with E-state index >= 15 is 0 Å². The lowest BCUT2D eigenvalue weighted by atomic mass is 10.1. The van der Waals surface area contributed by atoms with Gasteiger partial charge in [0.25, 0.3) is 0 Å². The average molecular weight is 457 g/mol. The largest absolute Gasteiger partial charge is 0.465 e. The smallest absolute Gasteiger partial charge is 0.411 e. The first-order valence-corrected chi connectivity index (χ1v) is 10.9. The highest BCUT2D eigenvalue weighted by Crippen LogP contribution is 2.27. The van der Waals surface area contributed by atoms with E-state index in [1.807, 2.05) is 37.3 Å². The molecule has 0 aliphatic heterocycles. The molecule has 2 N–H and O–H groups in total. The Morgan fingerprint density at radius 2 is 1.65 bits per heavy atom. The second-order valence-electron chi connectivity index (χ2n) is 7.35. The van der Waals surface area contributed by atoms with Crippen LogP contribution in [0.1, 0.15) is 13.8 Å². The number of hydrogen-bond donors (Lipinski definition) is 2. The zero-order chi connectivity index (χ0) is 24.1. The van der Waals surface area contributed by atoms with Crippen LogP contribution in [-0.4, -0.2) is 45.3 Å². The lowest BCUT2D eigenvalue weighted by Gasteiger charge is -2.22. The summed E-state index contributed by atoms with van der Waals surface area (Å²) in [6, 6.07) is 19.5. The predicted octanol–water partition coefficient (Wildman–Crippen LogP) is 5.06. The number of benzene rings is 2. The number of nitrogens with zero attached hydrogens (tertiary/aromatic N) is 5. The molecule has 4 aromatic rings. The van der Waals surface area contributed by atoms with Gasteiger partial charge in [-0.15, -0.1) is 0 Å². The Labute approximate surface area is 196 Å². The first-order chi connectivity index (χ1) is 16.5. The third-order valence-electron chi connectivity index (χ3n) is 5.19. The van der Waals surface area contributed by atoms with Crippen LogP contribution in [0.15, 0.2) is 72.9 Å². The zero-order valence-corrected chi connectivity index (χ0v) is 18.8. The molecule has 34 heavy (non-hydrogen) atoms. The van der Waals surface area contributed by atoms with Gasteiger partial charge in [0.2, 0.25) is 0 Å². The van der Waals surface area contributed by atoms with Gasteiger partial charge in [0.15, 0.2) is 5.65 Å². The maximum absolute atomic E-state index is 12.8. The minimum Gasteiger partial charge on any atom is -0.465 e. The van der Waals surface area contributed by atoms with E-state index in [0.29, 0.717) is 47.1 Å². The third kappa shape index (κ3) is 4.63. The number of fused-ring (bicyclic) bond motifs is 1. The number of hydrogen-bond acceptors (Lipinski definition) is 5. The fraction of sp³-hybridized carbons (Fsp3) is 0.160. The van der Waals surface area contributed by atoms with E-state index in [1.54, 1.807) is 49.5 Å². The molecule has 9 nitrogen and oxygen atoms in total. The van der Waals surface area contributed by atoms with E-state index < -0.39 is 6.09 Å². The Balaban J connectivity index is 1.71. The van der Waals surface area contributed by atoms with Crippen molar-refractivity contribution in [2.75, 3.05) is 22.9 Å². The molecule has 0 aliphatic carbocycles. The number of rotatable bonds is 6. The van der Waals surface area contributed by atoms with Gasteiger partial charge in [-0.1, -0.05) is 30.3 Å². The molecule has 0 saturated heterocycles. The molecule has 0 aliphatic rings. The van der Waals surface area contributed by atoms with Crippen LogP contribution in [-0.2, 0) is 0 Å². The van der Waals surface area contributed by atoms with Crippen molar-refractivity contribution in [3.05, 3.63) is 72.9 Å². The molecule has 0 saturated carbocycles. The number of urea groups is 1. The van der Waals surface area contributed by atoms with Gasteiger partial charge in [0, 0.05) is 24.3 Å². The van der Waals surface area contributed by atoms with Crippen molar-refractivity contribution in [1.82, 2.24) is 20.3 Å². The van der Waals surface area contributed by atoms with Crippen LogP contribution in [0.4, 0.5) is 26.8 Å². The van der Waals surface area contributed by atoms with E-state index in [4.69, 9.17) is 0 Å². The van der Waals surface area contributed by atoms with Crippen molar-refractivity contribution >= 4 is 40.5 Å². The number of anilines is 3. The minimum atomic E-state index is -1.01. The molecule has 0 bridgehead atoms. The Kier molecular flexibility index (Phi) is 6.63. The molecule has 0 fully saturated rings. The summed E-state index contributed by atoms with van der Waals surface area (Å²) in [7, 11) is 0. The molecule has 3 amide bonds. The van der Waals surface area contributed by atoms with Gasteiger partial charge < -0.3 is 10.4 Å². The van der Waals surface area contributed by atoms with Gasteiger partial charge in [-0.3, -0.25) is 9.88 Å². The monoisotopic (exact) mass is 456 g/mol. The van der Waals surface area contributed by atoms with E-state index in [0.717, 1.165) is 5.56 Å². The highest BCUT2D eigenvalue weighted by atomic mass is 16.4. The highest BCUT2D eigenvalue weighted by Gasteiger charge is 2.19. The minimum absolute atomic E-state index is 0.292. The molecule has 0 radical (unpaired) electrons. The van der Waals surface area contributed by atoms with E-state index in [9.17, 15) is 14.7 Å². The average Bonchev–Trinajstić information content (AvgIpc) is 2.85. The maximum atomic E-state index is 12.8. The topological polar surface area (TPSA) is 112 Å². The molecular weight excluding hydrogens is 432 g/mol. The summed E-state index contributed by atoms with van der Waals surface area (Å²) in [6.07, 6.45) is 0.638. The van der Waals surface area contributed by atoms with Gasteiger partial charge in [-0.25, -0.2) is 24.5 Å². The normalized spacial score (nSPS) is 10.6. The van der Waals surface area contributed by atoms with Gasteiger partial charge in [0.05, 0.1) is 17.6 Å². The number of amides is 3. The summed E-state index contributed by atoms with van der Waals surface area (Å²) in [6.45, 7) is 4.46. The van der Waals surface area contributed by atoms with Gasteiger partial charge >= 0.3 is 12.1 Å². The van der Waals surface area contributed by atoms with Crippen LogP contribution in [0.5, 0.6) is 0 Å². The molecule has 0 atom stereocenters. The number of carbonyl (C=O) groups excluding carboxylic acids is 1. The number of aromatic nitrogens is 3. The van der Waals surface area contributed by atoms with Crippen LogP contribution >= 0.6 is 0 Å². The van der Waals surface area contributed by atoms with Gasteiger partial charge in [-0.2, -0.15) is 0 Å². The summed E-state index contributed by atoms with van der Waals surface area (Å²) in [5.74, 6) is 0.423. The van der Waals surface area contributed by atoms with E-state index in [1.165, 1.54) is 9.80 Å². The third-order valence-corrected chi connectivity index (χ3v) is 5.19. The Morgan fingerprint density at radius 1 is 0.912 bits per heavy atom. The Bertz CT molecular complexity index is 1310. The molecule has 172 valence electrons. The fourth-order valence-corrected chi connectivity index (χ4v) is 3.55. The molecule has 4 rings (SSSR count). The summed E-state index contributed by atoms with van der Waals surface area (Å²) in [5, 5.41) is 12.1. The van der Waals surface area contributed by atoms with Crippen LogP contribution in [0, 0.1) is 0 Å². The lowest BCUT2D eigenvalue weighted by molar-refractivity contribution is 0.202. The summed E-state index contributed by atoms with van der Waals surface area (Å²) in [5.41, 5.74) is 3.61. The van der Waals surface area contributed by atoms with Crippen molar-refractivity contribution < 1.29 is 14.7 Å². The zero-order valence-electron chi connectivity index (χ0n) is 18.8. The molecule has 2 heterocycles. The van der Waals surface area contributed by atoms with Crippen molar-refractivity contribution in [3.63, 3.8) is 0 Å². The quantitative estimate of drug-likeness (QED) is 0.419. The second-order valence-corrected chi connectivity index (χ2v) is 7.35. The first-order valence-electron chi connectivity index (χ1n) is 10.9. The molecular formula is C25H24N6O3. The number of carbonyl (C=O) groups is 2. The Hall–Kier alpha value is -4.53. The molecule has 0 unspecified atom stereocenters. The van der Waals surface area contributed by atoms with Gasteiger partial charge in [0.1, 0.15) is 11.3 Å². The van der Waals surface area contributed by atoms with Gasteiger partial charge in [-0.05, 0) is 50.2 Å². The maximum Gasteiger partial charge on any atom is 0.411 e. The Morgan fingerprint density at radius 3 is 2.29 bits per heavy atom. The number of carboxylic acid groups (broad SMARTS) is 1. The molecule has 9 heteroatoms. The SMILES string of the molecule is CCNC(=O)N(c1ccccc1)c1ccc2ncc(-c3ccc(N(CC)C(=O)O)cc3)nc2n1. The number of para-hydroxylation sites is 1. The van der Waals surface area contributed by atoms with Crippen molar-refractivity contribution in [1.29, 1.82) is 0 Å². The molecule has 0 spiro atoms. The van der Waals surface area contributed by atoms with Crippen LogP contribution in [0.3, 0.4) is 0 Å². The van der Waals surface area contributed by atoms with E-state index in [2.05, 4.69) is 20.3 Å². The second kappa shape index (κ2) is 9.95. The highest BCUT2D eigenvalue weighted by molar-refractivity contribution is 5.99. The number of pyridine rings is 1. The van der Waals surface area contributed by atoms with E-state index in [-0.39, 0.29) is 6.03 Å². The lowest BCUT2D eigenvalue weighted by Crippen LogP contribution is -2.37. The summed E-state index contributed by atoms with van der Waals surface area (Å²) < 4.78 is 0. The summed E-state index contributed by atoms with van der Waals surface area (Å²) >= 11 is 0. The molecule has 2 aromatic carbocycles. The van der Waals surface area contributed by atoms with Crippen molar-refractivity contribution in [2.24, 2.45) is 0 Å².